The number of sulfonamides is 1. The van der Waals surface area contributed by atoms with Crippen LogP contribution in [0.2, 0.25) is 5.02 Å². The third kappa shape index (κ3) is 6.48. The SMILES string of the molecule is O=C(CNc1ccc(Cl)c(S(=O)(=O)N2CCOCC2)c1)Nc1cccc(OC(F)(F)F)c1. The number of morpholine rings is 1. The lowest BCUT2D eigenvalue weighted by Crippen LogP contribution is -2.40. The molecule has 1 aliphatic rings. The van der Waals surface area contributed by atoms with E-state index in [2.05, 4.69) is 15.4 Å². The van der Waals surface area contributed by atoms with E-state index in [-0.39, 0.29) is 48.5 Å². The molecule has 8 nitrogen and oxygen atoms in total. The molecule has 0 unspecified atom stereocenters. The van der Waals surface area contributed by atoms with E-state index in [0.29, 0.717) is 5.69 Å². The number of carbonyl (C=O) groups excluding carboxylic acids is 1. The van der Waals surface area contributed by atoms with Gasteiger partial charge in [0, 0.05) is 30.5 Å². The van der Waals surface area contributed by atoms with Crippen molar-refractivity contribution in [3.63, 3.8) is 0 Å². The highest BCUT2D eigenvalue weighted by molar-refractivity contribution is 7.89. The fourth-order valence-corrected chi connectivity index (χ4v) is 4.80. The molecule has 0 atom stereocenters. The number of nitrogens with one attached hydrogen (secondary N) is 2. The Bertz CT molecular complexity index is 1080. The molecule has 3 rings (SSSR count). The van der Waals surface area contributed by atoms with Gasteiger partial charge in [0.2, 0.25) is 15.9 Å². The lowest BCUT2D eigenvalue weighted by molar-refractivity contribution is -0.274. The van der Waals surface area contributed by atoms with Crippen LogP contribution in [0.4, 0.5) is 24.5 Å². The van der Waals surface area contributed by atoms with Crippen LogP contribution in [0.5, 0.6) is 5.75 Å². The zero-order valence-corrected chi connectivity index (χ0v) is 18.1. The Morgan fingerprint density at radius 3 is 2.53 bits per heavy atom. The monoisotopic (exact) mass is 493 g/mol. The lowest BCUT2D eigenvalue weighted by atomic mass is 10.3. The van der Waals surface area contributed by atoms with E-state index in [1.807, 2.05) is 0 Å². The van der Waals surface area contributed by atoms with Gasteiger partial charge in [-0.15, -0.1) is 13.2 Å². The van der Waals surface area contributed by atoms with E-state index >= 15 is 0 Å². The quantitative estimate of drug-likeness (QED) is 0.614. The Morgan fingerprint density at radius 1 is 1.12 bits per heavy atom. The highest BCUT2D eigenvalue weighted by Crippen LogP contribution is 2.28. The van der Waals surface area contributed by atoms with Gasteiger partial charge < -0.3 is 20.1 Å². The van der Waals surface area contributed by atoms with Crippen molar-refractivity contribution in [2.24, 2.45) is 0 Å². The summed E-state index contributed by atoms with van der Waals surface area (Å²) in [7, 11) is -3.85. The summed E-state index contributed by atoms with van der Waals surface area (Å²) in [5.41, 5.74) is 0.427. The Morgan fingerprint density at radius 2 is 1.84 bits per heavy atom. The topological polar surface area (TPSA) is 97.0 Å². The number of halogens is 4. The van der Waals surface area contributed by atoms with Crippen LogP contribution in [0.3, 0.4) is 0 Å². The van der Waals surface area contributed by atoms with Crippen molar-refractivity contribution in [2.45, 2.75) is 11.3 Å². The minimum absolute atomic E-state index is 0.0352. The summed E-state index contributed by atoms with van der Waals surface area (Å²) in [6.07, 6.45) is -4.85. The van der Waals surface area contributed by atoms with E-state index in [1.54, 1.807) is 0 Å². The van der Waals surface area contributed by atoms with Crippen LogP contribution in [0, 0.1) is 0 Å². The summed E-state index contributed by atoms with van der Waals surface area (Å²) in [5.74, 6) is -1.04. The molecular weight excluding hydrogens is 475 g/mol. The number of hydrogen-bond donors (Lipinski definition) is 2. The molecule has 1 heterocycles. The van der Waals surface area contributed by atoms with Crippen molar-refractivity contribution in [3.8, 4) is 5.75 Å². The highest BCUT2D eigenvalue weighted by atomic mass is 35.5. The van der Waals surface area contributed by atoms with Gasteiger partial charge in [0.25, 0.3) is 0 Å². The predicted molar refractivity (Wildman–Crippen MR) is 111 cm³/mol. The van der Waals surface area contributed by atoms with E-state index in [0.717, 1.165) is 12.1 Å². The zero-order valence-electron chi connectivity index (χ0n) is 16.5. The van der Waals surface area contributed by atoms with E-state index in [1.165, 1.54) is 34.6 Å². The van der Waals surface area contributed by atoms with Gasteiger partial charge in [-0.05, 0) is 30.3 Å². The first-order valence-corrected chi connectivity index (χ1v) is 11.1. The van der Waals surface area contributed by atoms with Gasteiger partial charge in [-0.2, -0.15) is 4.31 Å². The summed E-state index contributed by atoms with van der Waals surface area (Å²) in [4.78, 5) is 12.1. The lowest BCUT2D eigenvalue weighted by Gasteiger charge is -2.26. The number of anilines is 2. The summed E-state index contributed by atoms with van der Waals surface area (Å²) in [6, 6.07) is 9.05. The molecule has 174 valence electrons. The largest absolute Gasteiger partial charge is 0.573 e. The van der Waals surface area contributed by atoms with Crippen molar-refractivity contribution < 1.29 is 35.9 Å². The first-order valence-electron chi connectivity index (χ1n) is 9.31. The van der Waals surface area contributed by atoms with Gasteiger partial charge in [0.05, 0.1) is 24.8 Å². The van der Waals surface area contributed by atoms with Crippen molar-refractivity contribution in [3.05, 3.63) is 47.5 Å². The minimum Gasteiger partial charge on any atom is -0.406 e. The number of alkyl halides is 3. The van der Waals surface area contributed by atoms with E-state index in [4.69, 9.17) is 16.3 Å². The van der Waals surface area contributed by atoms with E-state index < -0.39 is 28.0 Å². The predicted octanol–water partition coefficient (Wildman–Crippen LogP) is 3.31. The summed E-state index contributed by atoms with van der Waals surface area (Å²) < 4.78 is 72.9. The molecule has 0 radical (unpaired) electrons. The molecule has 0 bridgehead atoms. The maximum Gasteiger partial charge on any atom is 0.573 e. The Kier molecular flexibility index (Phi) is 7.49. The maximum absolute atomic E-state index is 12.9. The molecule has 1 amide bonds. The smallest absolute Gasteiger partial charge is 0.406 e. The normalized spacial score (nSPS) is 15.2. The van der Waals surface area contributed by atoms with Crippen LogP contribution in [0.1, 0.15) is 0 Å². The molecule has 1 fully saturated rings. The highest BCUT2D eigenvalue weighted by Gasteiger charge is 2.31. The average molecular weight is 494 g/mol. The fraction of sp³-hybridized carbons (Fsp3) is 0.316. The number of amides is 1. The van der Waals surface area contributed by atoms with Gasteiger partial charge in [0.1, 0.15) is 10.6 Å². The molecule has 2 N–H and O–H groups in total. The average Bonchev–Trinajstić information content (AvgIpc) is 2.72. The molecule has 1 aliphatic heterocycles. The maximum atomic E-state index is 12.9. The molecule has 0 aliphatic carbocycles. The van der Waals surface area contributed by atoms with Crippen molar-refractivity contribution >= 4 is 38.9 Å². The molecule has 2 aromatic rings. The van der Waals surface area contributed by atoms with Crippen molar-refractivity contribution in [2.75, 3.05) is 43.5 Å². The van der Waals surface area contributed by atoms with Crippen LogP contribution in [0.25, 0.3) is 0 Å². The van der Waals surface area contributed by atoms with Gasteiger partial charge in [-0.1, -0.05) is 17.7 Å². The van der Waals surface area contributed by atoms with Crippen LogP contribution < -0.4 is 15.4 Å². The second-order valence-electron chi connectivity index (χ2n) is 6.64. The zero-order chi connectivity index (χ0) is 23.4. The van der Waals surface area contributed by atoms with Crippen LogP contribution in [-0.4, -0.2) is 57.8 Å². The van der Waals surface area contributed by atoms with Crippen molar-refractivity contribution in [1.82, 2.24) is 4.31 Å². The molecule has 32 heavy (non-hydrogen) atoms. The van der Waals surface area contributed by atoms with E-state index in [9.17, 15) is 26.4 Å². The summed E-state index contributed by atoms with van der Waals surface area (Å²) in [5, 5.41) is 5.24. The summed E-state index contributed by atoms with van der Waals surface area (Å²) in [6.45, 7) is 0.697. The molecule has 0 saturated carbocycles. The first kappa shape index (κ1) is 24.1. The third-order valence-electron chi connectivity index (χ3n) is 4.32. The van der Waals surface area contributed by atoms with Crippen LogP contribution >= 0.6 is 11.6 Å². The van der Waals surface area contributed by atoms with Gasteiger partial charge in [0.15, 0.2) is 0 Å². The van der Waals surface area contributed by atoms with Crippen molar-refractivity contribution in [1.29, 1.82) is 0 Å². The molecular formula is C19H19ClF3N3O5S. The second-order valence-corrected chi connectivity index (χ2v) is 8.95. The number of rotatable bonds is 7. The second kappa shape index (κ2) is 9.94. The molecule has 0 aromatic heterocycles. The molecule has 2 aromatic carbocycles. The molecule has 0 spiro atoms. The number of hydrogen-bond acceptors (Lipinski definition) is 6. The Hall–Kier alpha value is -2.54. The van der Waals surface area contributed by atoms with Gasteiger partial charge in [-0.25, -0.2) is 8.42 Å². The fourth-order valence-electron chi connectivity index (χ4n) is 2.90. The Labute approximate surface area is 187 Å². The Balaban J connectivity index is 1.64. The number of benzene rings is 2. The van der Waals surface area contributed by atoms with Gasteiger partial charge >= 0.3 is 6.36 Å². The number of carbonyl (C=O) groups is 1. The third-order valence-corrected chi connectivity index (χ3v) is 6.70. The number of ether oxygens (including phenoxy) is 2. The molecule has 1 saturated heterocycles. The van der Waals surface area contributed by atoms with Crippen LogP contribution in [-0.2, 0) is 19.6 Å². The van der Waals surface area contributed by atoms with Crippen LogP contribution in [0.15, 0.2) is 47.4 Å². The number of nitrogens with zero attached hydrogens (tertiary/aromatic N) is 1. The minimum atomic E-state index is -4.85. The molecule has 13 heteroatoms. The first-order chi connectivity index (χ1) is 15.0. The standard InChI is InChI=1S/C19H19ClF3N3O5S/c20-16-5-4-13(11-17(16)32(28,29)26-6-8-30-9-7-26)24-12-18(27)25-14-2-1-3-15(10-14)31-19(21,22)23/h1-5,10-11,24H,6-9,12H2,(H,25,27). The summed E-state index contributed by atoms with van der Waals surface area (Å²) >= 11 is 6.09. The van der Waals surface area contributed by atoms with Gasteiger partial charge in [-0.3, -0.25) is 4.79 Å².